The molecule has 32 heavy (non-hydrogen) atoms. The summed E-state index contributed by atoms with van der Waals surface area (Å²) < 4.78 is 0. The van der Waals surface area contributed by atoms with Crippen molar-refractivity contribution in [2.45, 2.75) is 25.2 Å². The van der Waals surface area contributed by atoms with Crippen LogP contribution in [0.2, 0.25) is 0 Å². The minimum absolute atomic E-state index is 0.500. The molecule has 1 aliphatic rings. The standard InChI is InChI=1S/C29H27NO2/c1-3-30-29(31,25-20-18-22(2)19-21-25)27-17-11-10-16-26(27)28(32-30,23-12-6-4-7-13-23)24-14-8-5-9-15-24/h4-21,31H,3H2,1-2H3. The Labute approximate surface area is 189 Å². The predicted octanol–water partition coefficient (Wildman–Crippen LogP) is 5.75. The van der Waals surface area contributed by atoms with Crippen LogP contribution in [0.25, 0.3) is 0 Å². The Hall–Kier alpha value is -3.24. The van der Waals surface area contributed by atoms with Crippen molar-refractivity contribution >= 4 is 0 Å². The number of hydrogen-bond acceptors (Lipinski definition) is 3. The van der Waals surface area contributed by atoms with Gasteiger partial charge in [0.15, 0.2) is 11.3 Å². The molecule has 4 aromatic rings. The van der Waals surface area contributed by atoms with Crippen molar-refractivity contribution in [3.8, 4) is 0 Å². The van der Waals surface area contributed by atoms with Crippen molar-refractivity contribution in [3.05, 3.63) is 143 Å². The Kier molecular flexibility index (Phi) is 5.18. The third-order valence-electron chi connectivity index (χ3n) is 6.39. The first-order valence-electron chi connectivity index (χ1n) is 11.1. The molecule has 1 atom stereocenters. The summed E-state index contributed by atoms with van der Waals surface area (Å²) in [5.74, 6) is 0. The number of aliphatic hydroxyl groups is 1. The second-order valence-corrected chi connectivity index (χ2v) is 8.28. The van der Waals surface area contributed by atoms with Gasteiger partial charge >= 0.3 is 0 Å². The average molecular weight is 422 g/mol. The molecular weight excluding hydrogens is 394 g/mol. The van der Waals surface area contributed by atoms with Crippen LogP contribution in [0.15, 0.2) is 109 Å². The highest BCUT2D eigenvalue weighted by Gasteiger charge is 2.54. The number of hydrogen-bond donors (Lipinski definition) is 1. The molecule has 3 nitrogen and oxygen atoms in total. The molecule has 0 saturated carbocycles. The van der Waals surface area contributed by atoms with Crippen molar-refractivity contribution in [3.63, 3.8) is 0 Å². The third-order valence-corrected chi connectivity index (χ3v) is 6.39. The highest BCUT2D eigenvalue weighted by Crippen LogP contribution is 2.52. The van der Waals surface area contributed by atoms with Crippen molar-refractivity contribution in [2.24, 2.45) is 0 Å². The van der Waals surface area contributed by atoms with Gasteiger partial charge in [-0.2, -0.15) is 0 Å². The summed E-state index contributed by atoms with van der Waals surface area (Å²) in [6.45, 7) is 4.56. The quantitative estimate of drug-likeness (QED) is 0.456. The van der Waals surface area contributed by atoms with Crippen LogP contribution >= 0.6 is 0 Å². The van der Waals surface area contributed by atoms with Gasteiger partial charge in [0.25, 0.3) is 0 Å². The highest BCUT2D eigenvalue weighted by atomic mass is 16.7. The van der Waals surface area contributed by atoms with E-state index in [9.17, 15) is 5.11 Å². The van der Waals surface area contributed by atoms with Crippen molar-refractivity contribution in [1.82, 2.24) is 5.06 Å². The van der Waals surface area contributed by atoms with E-state index in [1.54, 1.807) is 5.06 Å². The van der Waals surface area contributed by atoms with Gasteiger partial charge in [0.2, 0.25) is 0 Å². The summed E-state index contributed by atoms with van der Waals surface area (Å²) in [4.78, 5) is 6.91. The fourth-order valence-electron chi connectivity index (χ4n) is 4.82. The zero-order valence-electron chi connectivity index (χ0n) is 18.4. The Morgan fingerprint density at radius 2 is 1.16 bits per heavy atom. The largest absolute Gasteiger partial charge is 0.366 e. The van der Waals surface area contributed by atoms with E-state index in [0.29, 0.717) is 6.54 Å². The molecule has 0 aromatic heterocycles. The maximum Gasteiger partial charge on any atom is 0.193 e. The molecule has 5 rings (SSSR count). The molecule has 0 spiro atoms. The van der Waals surface area contributed by atoms with E-state index in [0.717, 1.165) is 33.4 Å². The molecule has 0 amide bonds. The van der Waals surface area contributed by atoms with Gasteiger partial charge < -0.3 is 5.11 Å². The molecule has 0 fully saturated rings. The monoisotopic (exact) mass is 421 g/mol. The van der Waals surface area contributed by atoms with Gasteiger partial charge in [-0.1, -0.05) is 115 Å². The Bertz CT molecular complexity index is 1170. The zero-order chi connectivity index (χ0) is 22.2. The summed E-state index contributed by atoms with van der Waals surface area (Å²) in [5, 5.41) is 14.0. The van der Waals surface area contributed by atoms with Crippen LogP contribution < -0.4 is 0 Å². The van der Waals surface area contributed by atoms with Crippen LogP contribution in [0.4, 0.5) is 0 Å². The van der Waals surface area contributed by atoms with Crippen LogP contribution in [-0.4, -0.2) is 16.7 Å². The van der Waals surface area contributed by atoms with E-state index >= 15 is 0 Å². The molecule has 1 heterocycles. The maximum atomic E-state index is 12.3. The summed E-state index contributed by atoms with van der Waals surface area (Å²) in [7, 11) is 0. The van der Waals surface area contributed by atoms with Gasteiger partial charge in [-0.3, -0.25) is 4.84 Å². The molecule has 4 aromatic carbocycles. The topological polar surface area (TPSA) is 32.7 Å². The van der Waals surface area contributed by atoms with Gasteiger partial charge in [0, 0.05) is 23.2 Å². The first-order valence-corrected chi connectivity index (χ1v) is 11.1. The third kappa shape index (κ3) is 3.01. The number of rotatable bonds is 4. The van der Waals surface area contributed by atoms with Gasteiger partial charge in [-0.05, 0) is 25.0 Å². The number of aryl methyl sites for hydroxylation is 1. The lowest BCUT2D eigenvalue weighted by molar-refractivity contribution is -0.332. The fraction of sp³-hybridized carbons (Fsp3) is 0.172. The number of benzene rings is 4. The van der Waals surface area contributed by atoms with Gasteiger partial charge in [0.05, 0.1) is 0 Å². The van der Waals surface area contributed by atoms with Crippen LogP contribution in [0.1, 0.15) is 40.3 Å². The molecule has 1 aliphatic heterocycles. The van der Waals surface area contributed by atoms with Crippen molar-refractivity contribution in [2.75, 3.05) is 6.54 Å². The Morgan fingerprint density at radius 3 is 1.69 bits per heavy atom. The molecular formula is C29H27NO2. The summed E-state index contributed by atoms with van der Waals surface area (Å²) >= 11 is 0. The van der Waals surface area contributed by atoms with E-state index in [2.05, 4.69) is 30.3 Å². The predicted molar refractivity (Wildman–Crippen MR) is 127 cm³/mol. The molecule has 0 radical (unpaired) electrons. The molecule has 0 saturated heterocycles. The van der Waals surface area contributed by atoms with Crippen LogP contribution in [0.5, 0.6) is 0 Å². The summed E-state index contributed by atoms with van der Waals surface area (Å²) in [5.41, 5.74) is 3.43. The summed E-state index contributed by atoms with van der Waals surface area (Å²) in [6.07, 6.45) is 0. The Morgan fingerprint density at radius 1 is 0.656 bits per heavy atom. The van der Waals surface area contributed by atoms with Crippen molar-refractivity contribution in [1.29, 1.82) is 0 Å². The highest BCUT2D eigenvalue weighted by molar-refractivity contribution is 5.55. The maximum absolute atomic E-state index is 12.3. The first kappa shape index (κ1) is 20.7. The lowest BCUT2D eigenvalue weighted by Gasteiger charge is -2.51. The second-order valence-electron chi connectivity index (χ2n) is 8.28. The SMILES string of the molecule is CCN1OC(c2ccccc2)(c2ccccc2)c2ccccc2C1(O)c1ccc(C)cc1. The van der Waals surface area contributed by atoms with E-state index in [-0.39, 0.29) is 0 Å². The Balaban J connectivity index is 1.85. The molecule has 0 aliphatic carbocycles. The number of fused-ring (bicyclic) bond motifs is 1. The zero-order valence-corrected chi connectivity index (χ0v) is 18.4. The van der Waals surface area contributed by atoms with E-state index < -0.39 is 11.3 Å². The number of hydroxylamine groups is 2. The van der Waals surface area contributed by atoms with Crippen LogP contribution in [-0.2, 0) is 16.2 Å². The van der Waals surface area contributed by atoms with Crippen molar-refractivity contribution < 1.29 is 9.94 Å². The van der Waals surface area contributed by atoms with Crippen LogP contribution in [0.3, 0.4) is 0 Å². The fourth-order valence-corrected chi connectivity index (χ4v) is 4.82. The van der Waals surface area contributed by atoms with Gasteiger partial charge in [0.1, 0.15) is 0 Å². The van der Waals surface area contributed by atoms with E-state index in [1.807, 2.05) is 92.7 Å². The smallest absolute Gasteiger partial charge is 0.193 e. The minimum atomic E-state index is -1.41. The number of nitrogens with zero attached hydrogens (tertiary/aromatic N) is 1. The second kappa shape index (κ2) is 8.03. The minimum Gasteiger partial charge on any atom is -0.366 e. The summed E-state index contributed by atoms with van der Waals surface area (Å²) in [6, 6.07) is 36.6. The molecule has 1 unspecified atom stereocenters. The average Bonchev–Trinajstić information content (AvgIpc) is 2.86. The van der Waals surface area contributed by atoms with Crippen LogP contribution in [0, 0.1) is 6.92 Å². The van der Waals surface area contributed by atoms with Gasteiger partial charge in [-0.25, -0.2) is 0 Å². The normalized spacial score (nSPS) is 20.0. The first-order chi connectivity index (χ1) is 15.6. The lowest BCUT2D eigenvalue weighted by Crippen LogP contribution is -2.57. The molecule has 0 bridgehead atoms. The molecule has 1 N–H and O–H groups in total. The van der Waals surface area contributed by atoms with E-state index in [1.165, 1.54) is 0 Å². The lowest BCUT2D eigenvalue weighted by atomic mass is 9.74. The van der Waals surface area contributed by atoms with E-state index in [4.69, 9.17) is 4.84 Å². The molecule has 3 heteroatoms. The molecule has 160 valence electrons. The van der Waals surface area contributed by atoms with Gasteiger partial charge in [-0.15, -0.1) is 5.06 Å².